The van der Waals surface area contributed by atoms with Crippen LogP contribution in [0.25, 0.3) is 6.08 Å². The molecule has 2 aromatic carbocycles. The molecule has 0 spiro atoms. The zero-order valence-electron chi connectivity index (χ0n) is 16.0. The summed E-state index contributed by atoms with van der Waals surface area (Å²) in [6, 6.07) is 11.8. The summed E-state index contributed by atoms with van der Waals surface area (Å²) in [5.74, 6) is -2.12. The Labute approximate surface area is 167 Å². The van der Waals surface area contributed by atoms with E-state index in [2.05, 4.69) is 10.6 Å². The standard InChI is InChI=1S/C21H21FN2O5/c1-3-23-21(27)24-20(26)19(15-7-5-4-6-8-15)29-18(25)12-10-14-9-11-17(28-2)16(22)13-14/h4-13,19H,3H2,1-2H3,(H2,23,24,26,27)/b12-10+/t19-/m0/s1. The number of amides is 3. The van der Waals surface area contributed by atoms with Gasteiger partial charge < -0.3 is 14.8 Å². The highest BCUT2D eigenvalue weighted by Crippen LogP contribution is 2.20. The first-order valence-electron chi connectivity index (χ1n) is 8.80. The summed E-state index contributed by atoms with van der Waals surface area (Å²) in [5.41, 5.74) is 0.801. The fourth-order valence-electron chi connectivity index (χ4n) is 2.39. The molecule has 0 radical (unpaired) electrons. The van der Waals surface area contributed by atoms with Crippen LogP contribution in [0.1, 0.15) is 24.2 Å². The molecule has 0 aromatic heterocycles. The van der Waals surface area contributed by atoms with Gasteiger partial charge in [0.1, 0.15) is 0 Å². The van der Waals surface area contributed by atoms with Gasteiger partial charge in [-0.05, 0) is 30.7 Å². The van der Waals surface area contributed by atoms with Gasteiger partial charge in [0.25, 0.3) is 5.91 Å². The summed E-state index contributed by atoms with van der Waals surface area (Å²) in [5, 5.41) is 4.55. The summed E-state index contributed by atoms with van der Waals surface area (Å²) in [4.78, 5) is 36.3. The Bertz CT molecular complexity index is 899. The Morgan fingerprint density at radius 3 is 2.48 bits per heavy atom. The number of carbonyl (C=O) groups is 3. The largest absolute Gasteiger partial charge is 0.494 e. The third-order valence-corrected chi connectivity index (χ3v) is 3.74. The average Bonchev–Trinajstić information content (AvgIpc) is 2.71. The maximum Gasteiger partial charge on any atom is 0.331 e. The molecule has 7 nitrogen and oxygen atoms in total. The van der Waals surface area contributed by atoms with Crippen LogP contribution in [0.15, 0.2) is 54.6 Å². The molecule has 0 unspecified atom stereocenters. The summed E-state index contributed by atoms with van der Waals surface area (Å²) in [7, 11) is 1.35. The van der Waals surface area contributed by atoms with E-state index in [0.717, 1.165) is 6.08 Å². The Morgan fingerprint density at radius 1 is 1.14 bits per heavy atom. The summed E-state index contributed by atoms with van der Waals surface area (Å²) >= 11 is 0. The number of rotatable bonds is 7. The zero-order chi connectivity index (χ0) is 21.2. The number of halogens is 1. The number of nitrogens with one attached hydrogen (secondary N) is 2. The minimum atomic E-state index is -1.33. The summed E-state index contributed by atoms with van der Waals surface area (Å²) < 4.78 is 23.8. The van der Waals surface area contributed by atoms with Crippen molar-refractivity contribution in [2.24, 2.45) is 0 Å². The monoisotopic (exact) mass is 400 g/mol. The van der Waals surface area contributed by atoms with Crippen molar-refractivity contribution in [2.45, 2.75) is 13.0 Å². The molecule has 0 aliphatic heterocycles. The van der Waals surface area contributed by atoms with Crippen molar-refractivity contribution >= 4 is 24.0 Å². The first kappa shape index (κ1) is 21.6. The fraction of sp³-hybridized carbons (Fsp3) is 0.190. The lowest BCUT2D eigenvalue weighted by molar-refractivity contribution is -0.151. The highest BCUT2D eigenvalue weighted by atomic mass is 19.1. The van der Waals surface area contributed by atoms with Crippen LogP contribution in [0.2, 0.25) is 0 Å². The van der Waals surface area contributed by atoms with Crippen LogP contribution >= 0.6 is 0 Å². The van der Waals surface area contributed by atoms with Gasteiger partial charge in [-0.1, -0.05) is 36.4 Å². The summed E-state index contributed by atoms with van der Waals surface area (Å²) in [6.07, 6.45) is 1.08. The third-order valence-electron chi connectivity index (χ3n) is 3.74. The smallest absolute Gasteiger partial charge is 0.331 e. The van der Waals surface area contributed by atoms with Gasteiger partial charge in [0, 0.05) is 18.2 Å². The second-order valence-electron chi connectivity index (χ2n) is 5.80. The van der Waals surface area contributed by atoms with Crippen molar-refractivity contribution in [3.8, 4) is 5.75 Å². The normalized spacial score (nSPS) is 11.6. The van der Waals surface area contributed by atoms with E-state index in [4.69, 9.17) is 9.47 Å². The Balaban J connectivity index is 2.13. The molecule has 2 aromatic rings. The predicted molar refractivity (Wildman–Crippen MR) is 104 cm³/mol. The van der Waals surface area contributed by atoms with Gasteiger partial charge >= 0.3 is 12.0 Å². The Morgan fingerprint density at radius 2 is 1.86 bits per heavy atom. The molecule has 0 heterocycles. The van der Waals surface area contributed by atoms with Crippen LogP contribution in [-0.4, -0.2) is 31.6 Å². The Hall–Kier alpha value is -3.68. The van der Waals surface area contributed by atoms with E-state index in [-0.39, 0.29) is 5.75 Å². The minimum Gasteiger partial charge on any atom is -0.494 e. The minimum absolute atomic E-state index is 0.0795. The molecular weight excluding hydrogens is 379 g/mol. The molecule has 8 heteroatoms. The van der Waals surface area contributed by atoms with E-state index in [1.54, 1.807) is 43.3 Å². The SMILES string of the molecule is CCNC(=O)NC(=O)[C@@H](OC(=O)/C=C/c1ccc(OC)c(F)c1)c1ccccc1. The van der Waals surface area contributed by atoms with Crippen LogP contribution in [0.4, 0.5) is 9.18 Å². The van der Waals surface area contributed by atoms with Gasteiger partial charge in [-0.3, -0.25) is 10.1 Å². The molecule has 3 amide bonds. The molecule has 0 saturated carbocycles. The fourth-order valence-corrected chi connectivity index (χ4v) is 2.39. The second kappa shape index (κ2) is 10.6. The number of esters is 1. The van der Waals surface area contributed by atoms with Gasteiger partial charge in [-0.25, -0.2) is 14.0 Å². The number of benzene rings is 2. The predicted octanol–water partition coefficient (Wildman–Crippen LogP) is 2.98. The van der Waals surface area contributed by atoms with Crippen LogP contribution in [0.5, 0.6) is 5.75 Å². The molecule has 2 N–H and O–H groups in total. The van der Waals surface area contributed by atoms with E-state index < -0.39 is 29.8 Å². The van der Waals surface area contributed by atoms with E-state index >= 15 is 0 Å². The number of carbonyl (C=O) groups excluding carboxylic acids is 3. The van der Waals surface area contributed by atoms with Crippen molar-refractivity contribution in [2.75, 3.05) is 13.7 Å². The van der Waals surface area contributed by atoms with Crippen molar-refractivity contribution in [1.29, 1.82) is 0 Å². The number of urea groups is 1. The average molecular weight is 400 g/mol. The number of ether oxygens (including phenoxy) is 2. The van der Waals surface area contributed by atoms with Gasteiger partial charge in [0.15, 0.2) is 11.6 Å². The van der Waals surface area contributed by atoms with Gasteiger partial charge in [0.05, 0.1) is 7.11 Å². The third kappa shape index (κ3) is 6.46. The van der Waals surface area contributed by atoms with E-state index in [1.165, 1.54) is 25.3 Å². The van der Waals surface area contributed by atoms with E-state index in [9.17, 15) is 18.8 Å². The lowest BCUT2D eigenvalue weighted by Crippen LogP contribution is -2.42. The van der Waals surface area contributed by atoms with Crippen molar-refractivity contribution in [3.05, 3.63) is 71.6 Å². The maximum atomic E-state index is 13.7. The van der Waals surface area contributed by atoms with Crippen molar-refractivity contribution in [3.63, 3.8) is 0 Å². The van der Waals surface area contributed by atoms with Gasteiger partial charge in [0.2, 0.25) is 6.10 Å². The van der Waals surface area contributed by atoms with E-state index in [0.29, 0.717) is 17.7 Å². The molecule has 0 saturated heterocycles. The molecule has 1 atom stereocenters. The molecule has 0 bridgehead atoms. The lowest BCUT2D eigenvalue weighted by atomic mass is 10.1. The molecule has 0 fully saturated rings. The van der Waals surface area contributed by atoms with Crippen LogP contribution in [0.3, 0.4) is 0 Å². The van der Waals surface area contributed by atoms with Crippen LogP contribution < -0.4 is 15.4 Å². The molecule has 0 aliphatic rings. The first-order valence-corrected chi connectivity index (χ1v) is 8.80. The molecule has 0 aliphatic carbocycles. The number of hydrogen-bond acceptors (Lipinski definition) is 5. The highest BCUT2D eigenvalue weighted by molar-refractivity contribution is 5.98. The summed E-state index contributed by atoms with van der Waals surface area (Å²) in [6.45, 7) is 2.03. The zero-order valence-corrected chi connectivity index (χ0v) is 16.0. The highest BCUT2D eigenvalue weighted by Gasteiger charge is 2.25. The quantitative estimate of drug-likeness (QED) is 0.551. The Kier molecular flexibility index (Phi) is 7.90. The molecule has 152 valence electrons. The lowest BCUT2D eigenvalue weighted by Gasteiger charge is -2.16. The molecule has 29 heavy (non-hydrogen) atoms. The van der Waals surface area contributed by atoms with Crippen molar-refractivity contribution < 1.29 is 28.2 Å². The first-order chi connectivity index (χ1) is 13.9. The number of methoxy groups -OCH3 is 1. The molecular formula is C21H21FN2O5. The topological polar surface area (TPSA) is 93.7 Å². The second-order valence-corrected chi connectivity index (χ2v) is 5.80. The number of imide groups is 1. The van der Waals surface area contributed by atoms with Gasteiger partial charge in [-0.2, -0.15) is 0 Å². The number of hydrogen-bond donors (Lipinski definition) is 2. The van der Waals surface area contributed by atoms with Gasteiger partial charge in [-0.15, -0.1) is 0 Å². The maximum absolute atomic E-state index is 13.7. The van der Waals surface area contributed by atoms with Crippen molar-refractivity contribution in [1.82, 2.24) is 10.6 Å². The molecule has 2 rings (SSSR count). The van der Waals surface area contributed by atoms with E-state index in [1.807, 2.05) is 0 Å². The van der Waals surface area contributed by atoms with Crippen LogP contribution in [-0.2, 0) is 14.3 Å². The van der Waals surface area contributed by atoms with Crippen LogP contribution in [0, 0.1) is 5.82 Å².